The van der Waals surface area contributed by atoms with Crippen molar-refractivity contribution in [2.45, 2.75) is 12.5 Å². The van der Waals surface area contributed by atoms with E-state index < -0.39 is 0 Å². The van der Waals surface area contributed by atoms with Crippen molar-refractivity contribution in [2.75, 3.05) is 25.6 Å². The van der Waals surface area contributed by atoms with Crippen molar-refractivity contribution in [3.8, 4) is 11.6 Å². The van der Waals surface area contributed by atoms with Crippen molar-refractivity contribution in [2.24, 2.45) is 0 Å². The van der Waals surface area contributed by atoms with E-state index in [-0.39, 0.29) is 12.0 Å². The van der Waals surface area contributed by atoms with Gasteiger partial charge in [0.15, 0.2) is 0 Å². The average molecular weight is 349 g/mol. The molecular weight excluding hydrogens is 332 g/mol. The molecule has 1 aliphatic heterocycles. The second-order valence-electron chi connectivity index (χ2n) is 5.29. The van der Waals surface area contributed by atoms with E-state index in [0.29, 0.717) is 41.1 Å². The molecule has 0 aliphatic carbocycles. The van der Waals surface area contributed by atoms with Crippen LogP contribution in [0.1, 0.15) is 16.8 Å². The SMILES string of the molecule is COc1ccc(Cl)cc1NC(=O)c1ccc(O[C@H]2CCOC2)nc1. The van der Waals surface area contributed by atoms with Gasteiger partial charge < -0.3 is 19.5 Å². The standard InChI is InChI=1S/C17H17ClN2O4/c1-22-15-4-3-12(18)8-14(15)20-17(21)11-2-5-16(19-9-11)24-13-6-7-23-10-13/h2-5,8-9,13H,6-7,10H2,1H3,(H,20,21)/t13-/m0/s1. The molecule has 1 atom stereocenters. The zero-order valence-electron chi connectivity index (χ0n) is 13.1. The van der Waals surface area contributed by atoms with Crippen LogP contribution in [0.4, 0.5) is 5.69 Å². The molecule has 0 saturated carbocycles. The number of nitrogens with one attached hydrogen (secondary N) is 1. The first kappa shape index (κ1) is 16.5. The van der Waals surface area contributed by atoms with E-state index >= 15 is 0 Å². The summed E-state index contributed by atoms with van der Waals surface area (Å²) in [4.78, 5) is 16.5. The smallest absolute Gasteiger partial charge is 0.257 e. The predicted octanol–water partition coefficient (Wildman–Crippen LogP) is 3.16. The van der Waals surface area contributed by atoms with E-state index in [1.54, 1.807) is 30.3 Å². The van der Waals surface area contributed by atoms with Crippen LogP contribution in [-0.2, 0) is 4.74 Å². The van der Waals surface area contributed by atoms with E-state index in [9.17, 15) is 4.79 Å². The van der Waals surface area contributed by atoms with E-state index in [4.69, 9.17) is 25.8 Å². The van der Waals surface area contributed by atoms with Crippen molar-refractivity contribution in [3.05, 3.63) is 47.1 Å². The molecule has 0 spiro atoms. The lowest BCUT2D eigenvalue weighted by Crippen LogP contribution is -2.17. The number of aromatic nitrogens is 1. The number of amides is 1. The molecule has 2 aromatic rings. The van der Waals surface area contributed by atoms with Gasteiger partial charge in [-0.25, -0.2) is 4.98 Å². The first-order valence-electron chi connectivity index (χ1n) is 7.51. The van der Waals surface area contributed by atoms with Gasteiger partial charge in [0, 0.05) is 23.7 Å². The second-order valence-corrected chi connectivity index (χ2v) is 5.72. The van der Waals surface area contributed by atoms with Crippen molar-refractivity contribution in [1.82, 2.24) is 4.98 Å². The molecule has 0 bridgehead atoms. The first-order valence-corrected chi connectivity index (χ1v) is 7.89. The predicted molar refractivity (Wildman–Crippen MR) is 90.0 cm³/mol. The number of hydrogen-bond acceptors (Lipinski definition) is 5. The summed E-state index contributed by atoms with van der Waals surface area (Å²) in [7, 11) is 1.53. The molecule has 1 aromatic carbocycles. The maximum atomic E-state index is 12.3. The van der Waals surface area contributed by atoms with Gasteiger partial charge >= 0.3 is 0 Å². The summed E-state index contributed by atoms with van der Waals surface area (Å²) in [6.07, 6.45) is 2.34. The van der Waals surface area contributed by atoms with Gasteiger partial charge in [-0.1, -0.05) is 11.6 Å². The van der Waals surface area contributed by atoms with Crippen molar-refractivity contribution in [1.29, 1.82) is 0 Å². The number of carbonyl (C=O) groups excluding carboxylic acids is 1. The number of ether oxygens (including phenoxy) is 3. The van der Waals surface area contributed by atoms with Crippen LogP contribution < -0.4 is 14.8 Å². The molecule has 1 aliphatic rings. The van der Waals surface area contributed by atoms with Gasteiger partial charge in [-0.05, 0) is 24.3 Å². The number of pyridine rings is 1. The van der Waals surface area contributed by atoms with Crippen molar-refractivity contribution in [3.63, 3.8) is 0 Å². The molecule has 2 heterocycles. The van der Waals surface area contributed by atoms with Crippen LogP contribution in [-0.4, -0.2) is 37.3 Å². The lowest BCUT2D eigenvalue weighted by atomic mass is 10.2. The summed E-state index contributed by atoms with van der Waals surface area (Å²) in [5.74, 6) is 0.697. The van der Waals surface area contributed by atoms with E-state index in [0.717, 1.165) is 6.42 Å². The van der Waals surface area contributed by atoms with Crippen LogP contribution >= 0.6 is 11.6 Å². The minimum atomic E-state index is -0.307. The van der Waals surface area contributed by atoms with Gasteiger partial charge in [0.05, 0.1) is 31.6 Å². The molecule has 6 nitrogen and oxygen atoms in total. The highest BCUT2D eigenvalue weighted by Crippen LogP contribution is 2.28. The Bertz CT molecular complexity index is 715. The number of rotatable bonds is 5. The Morgan fingerprint density at radius 3 is 2.92 bits per heavy atom. The van der Waals surface area contributed by atoms with Gasteiger partial charge in [-0.15, -0.1) is 0 Å². The third-order valence-electron chi connectivity index (χ3n) is 3.58. The lowest BCUT2D eigenvalue weighted by molar-refractivity contribution is 0.102. The molecule has 0 radical (unpaired) electrons. The maximum Gasteiger partial charge on any atom is 0.257 e. The van der Waals surface area contributed by atoms with Crippen LogP contribution in [0.15, 0.2) is 36.5 Å². The Morgan fingerprint density at radius 2 is 2.25 bits per heavy atom. The summed E-state index contributed by atoms with van der Waals surface area (Å²) in [5.41, 5.74) is 0.908. The number of methoxy groups -OCH3 is 1. The minimum Gasteiger partial charge on any atom is -0.495 e. The van der Waals surface area contributed by atoms with Gasteiger partial charge in [0.25, 0.3) is 5.91 Å². The molecule has 7 heteroatoms. The topological polar surface area (TPSA) is 69.7 Å². The van der Waals surface area contributed by atoms with E-state index in [1.807, 2.05) is 0 Å². The zero-order valence-corrected chi connectivity index (χ0v) is 13.9. The third-order valence-corrected chi connectivity index (χ3v) is 3.82. The minimum absolute atomic E-state index is 0.0212. The quantitative estimate of drug-likeness (QED) is 0.898. The van der Waals surface area contributed by atoms with Gasteiger partial charge in [-0.2, -0.15) is 0 Å². The van der Waals surface area contributed by atoms with Gasteiger partial charge in [0.2, 0.25) is 5.88 Å². The fourth-order valence-electron chi connectivity index (χ4n) is 2.33. The monoisotopic (exact) mass is 348 g/mol. The Labute approximate surface area is 144 Å². The van der Waals surface area contributed by atoms with Crippen molar-refractivity contribution >= 4 is 23.2 Å². The molecule has 1 amide bonds. The summed E-state index contributed by atoms with van der Waals surface area (Å²) in [5, 5.41) is 3.27. The molecule has 1 aromatic heterocycles. The molecular formula is C17H17ClN2O4. The fourth-order valence-corrected chi connectivity index (χ4v) is 2.51. The molecule has 1 fully saturated rings. The first-order chi connectivity index (χ1) is 11.7. The number of nitrogens with zero attached hydrogens (tertiary/aromatic N) is 1. The Kier molecular flexibility index (Phi) is 5.17. The van der Waals surface area contributed by atoms with Crippen LogP contribution in [0.2, 0.25) is 5.02 Å². The van der Waals surface area contributed by atoms with E-state index in [2.05, 4.69) is 10.3 Å². The van der Waals surface area contributed by atoms with E-state index in [1.165, 1.54) is 13.3 Å². The zero-order chi connectivity index (χ0) is 16.9. The van der Waals surface area contributed by atoms with Crippen LogP contribution in [0.3, 0.4) is 0 Å². The lowest BCUT2D eigenvalue weighted by Gasteiger charge is -2.12. The van der Waals surface area contributed by atoms with Crippen molar-refractivity contribution < 1.29 is 19.0 Å². The molecule has 0 unspecified atom stereocenters. The number of benzene rings is 1. The summed E-state index contributed by atoms with van der Waals surface area (Å²) >= 11 is 5.96. The fraction of sp³-hybridized carbons (Fsp3) is 0.294. The van der Waals surface area contributed by atoms with Crippen LogP contribution in [0, 0.1) is 0 Å². The Balaban J connectivity index is 1.67. The summed E-state index contributed by atoms with van der Waals surface area (Å²) < 4.78 is 16.1. The highest BCUT2D eigenvalue weighted by atomic mass is 35.5. The van der Waals surface area contributed by atoms with Gasteiger partial charge in [-0.3, -0.25) is 4.79 Å². The normalized spacial score (nSPS) is 16.7. The maximum absolute atomic E-state index is 12.3. The Morgan fingerprint density at radius 1 is 1.38 bits per heavy atom. The summed E-state index contributed by atoms with van der Waals surface area (Å²) in [6.45, 7) is 1.27. The molecule has 3 rings (SSSR count). The molecule has 126 valence electrons. The van der Waals surface area contributed by atoms with Crippen LogP contribution in [0.25, 0.3) is 0 Å². The third kappa shape index (κ3) is 3.96. The molecule has 1 saturated heterocycles. The number of hydrogen-bond donors (Lipinski definition) is 1. The number of carbonyl (C=O) groups is 1. The average Bonchev–Trinajstić information content (AvgIpc) is 3.09. The Hall–Kier alpha value is -2.31. The number of halogens is 1. The largest absolute Gasteiger partial charge is 0.495 e. The second kappa shape index (κ2) is 7.51. The number of anilines is 1. The van der Waals surface area contributed by atoms with Crippen LogP contribution in [0.5, 0.6) is 11.6 Å². The highest BCUT2D eigenvalue weighted by Gasteiger charge is 2.18. The summed E-state index contributed by atoms with van der Waals surface area (Å²) in [6, 6.07) is 8.34. The van der Waals surface area contributed by atoms with Gasteiger partial charge in [0.1, 0.15) is 11.9 Å². The molecule has 24 heavy (non-hydrogen) atoms. The highest BCUT2D eigenvalue weighted by molar-refractivity contribution is 6.31. The molecule has 1 N–H and O–H groups in total.